The van der Waals surface area contributed by atoms with Crippen LogP contribution in [0.2, 0.25) is 0 Å². The fourth-order valence-corrected chi connectivity index (χ4v) is 1.82. The minimum absolute atomic E-state index is 0.146. The molecule has 0 radical (unpaired) electrons. The van der Waals surface area contributed by atoms with E-state index in [9.17, 15) is 4.79 Å². The Kier molecular flexibility index (Phi) is 3.32. The Morgan fingerprint density at radius 1 is 1.28 bits per heavy atom. The van der Waals surface area contributed by atoms with Gasteiger partial charge in [0.25, 0.3) is 5.91 Å². The van der Waals surface area contributed by atoms with Gasteiger partial charge in [-0.3, -0.25) is 9.89 Å². The molecular weight excluding hydrogens is 228 g/mol. The first-order valence-corrected chi connectivity index (χ1v) is 5.73. The molecule has 5 heteroatoms. The van der Waals surface area contributed by atoms with Crippen molar-refractivity contribution in [2.45, 2.75) is 13.8 Å². The number of aromatic amines is 1. The lowest BCUT2D eigenvalue weighted by Gasteiger charge is -2.09. The monoisotopic (exact) mass is 244 g/mol. The maximum absolute atomic E-state index is 12.2. The van der Waals surface area contributed by atoms with Crippen LogP contribution in [0.3, 0.4) is 0 Å². The van der Waals surface area contributed by atoms with Crippen molar-refractivity contribution in [2.24, 2.45) is 0 Å². The number of amides is 1. The molecule has 0 saturated carbocycles. The van der Waals surface area contributed by atoms with Gasteiger partial charge in [-0.05, 0) is 26.0 Å². The zero-order valence-electron chi connectivity index (χ0n) is 10.7. The Balaban J connectivity index is 2.28. The highest BCUT2D eigenvalue weighted by Gasteiger charge is 2.14. The van der Waals surface area contributed by atoms with Crippen LogP contribution in [0.25, 0.3) is 0 Å². The summed E-state index contributed by atoms with van der Waals surface area (Å²) < 4.78 is 0. The number of aromatic nitrogens is 2. The minimum atomic E-state index is -0.146. The van der Waals surface area contributed by atoms with E-state index in [1.807, 2.05) is 32.0 Å². The third-order valence-corrected chi connectivity index (χ3v) is 2.81. The SMILES string of the molecule is CNc1ccccc1C(=O)Nc1c(C)n[nH]c1C. The van der Waals surface area contributed by atoms with Crippen molar-refractivity contribution in [1.29, 1.82) is 0 Å². The smallest absolute Gasteiger partial charge is 0.257 e. The van der Waals surface area contributed by atoms with Crippen LogP contribution >= 0.6 is 0 Å². The van der Waals surface area contributed by atoms with Crippen molar-refractivity contribution in [3.8, 4) is 0 Å². The Morgan fingerprint density at radius 2 is 2.00 bits per heavy atom. The number of hydrogen-bond acceptors (Lipinski definition) is 3. The van der Waals surface area contributed by atoms with E-state index in [-0.39, 0.29) is 5.91 Å². The first-order chi connectivity index (χ1) is 8.63. The fourth-order valence-electron chi connectivity index (χ4n) is 1.82. The molecule has 3 N–H and O–H groups in total. The molecule has 1 aromatic heterocycles. The predicted octanol–water partition coefficient (Wildman–Crippen LogP) is 2.32. The predicted molar refractivity (Wildman–Crippen MR) is 72.0 cm³/mol. The molecule has 1 heterocycles. The number of hydrogen-bond donors (Lipinski definition) is 3. The van der Waals surface area contributed by atoms with E-state index in [1.165, 1.54) is 0 Å². The van der Waals surface area contributed by atoms with Crippen LogP contribution in [0.15, 0.2) is 24.3 Å². The molecule has 0 unspecified atom stereocenters. The Labute approximate surface area is 106 Å². The number of benzene rings is 1. The summed E-state index contributed by atoms with van der Waals surface area (Å²) in [6.45, 7) is 3.72. The number of nitrogens with one attached hydrogen (secondary N) is 3. The maximum Gasteiger partial charge on any atom is 0.257 e. The summed E-state index contributed by atoms with van der Waals surface area (Å²) in [6, 6.07) is 7.37. The average Bonchev–Trinajstić information content (AvgIpc) is 2.70. The molecular formula is C13H16N4O. The normalized spacial score (nSPS) is 10.2. The Bertz CT molecular complexity index is 555. The van der Waals surface area contributed by atoms with E-state index in [2.05, 4.69) is 20.8 Å². The van der Waals surface area contributed by atoms with Gasteiger partial charge in [0.1, 0.15) is 0 Å². The van der Waals surface area contributed by atoms with E-state index < -0.39 is 0 Å². The lowest BCUT2D eigenvalue weighted by atomic mass is 10.1. The second kappa shape index (κ2) is 4.91. The van der Waals surface area contributed by atoms with E-state index in [0.717, 1.165) is 22.8 Å². The number of nitrogens with zero attached hydrogens (tertiary/aromatic N) is 1. The average molecular weight is 244 g/mol. The van der Waals surface area contributed by atoms with Crippen LogP contribution in [0, 0.1) is 13.8 Å². The van der Waals surface area contributed by atoms with E-state index >= 15 is 0 Å². The van der Waals surface area contributed by atoms with Crippen LogP contribution in [0.4, 0.5) is 11.4 Å². The summed E-state index contributed by atoms with van der Waals surface area (Å²) in [5, 5.41) is 12.8. The Morgan fingerprint density at radius 3 is 2.61 bits per heavy atom. The molecule has 2 aromatic rings. The van der Waals surface area contributed by atoms with E-state index in [4.69, 9.17) is 0 Å². The molecule has 2 rings (SSSR count). The molecule has 0 aliphatic rings. The van der Waals surface area contributed by atoms with Crippen molar-refractivity contribution in [2.75, 3.05) is 17.7 Å². The first kappa shape index (κ1) is 12.2. The summed E-state index contributed by atoms with van der Waals surface area (Å²) >= 11 is 0. The largest absolute Gasteiger partial charge is 0.387 e. The molecule has 1 aromatic carbocycles. The highest BCUT2D eigenvalue weighted by molar-refractivity contribution is 6.08. The van der Waals surface area contributed by atoms with Crippen LogP contribution in [-0.2, 0) is 0 Å². The number of anilines is 2. The summed E-state index contributed by atoms with van der Waals surface area (Å²) in [5.74, 6) is -0.146. The quantitative estimate of drug-likeness (QED) is 0.776. The van der Waals surface area contributed by atoms with Crippen LogP contribution < -0.4 is 10.6 Å². The number of para-hydroxylation sites is 1. The van der Waals surface area contributed by atoms with Gasteiger partial charge >= 0.3 is 0 Å². The second-order valence-electron chi connectivity index (χ2n) is 4.06. The van der Waals surface area contributed by atoms with Crippen LogP contribution in [-0.4, -0.2) is 23.2 Å². The number of carbonyl (C=O) groups is 1. The molecule has 94 valence electrons. The number of rotatable bonds is 3. The van der Waals surface area contributed by atoms with Gasteiger partial charge in [0.05, 0.1) is 22.6 Å². The number of H-pyrrole nitrogens is 1. The molecule has 0 aliphatic heterocycles. The highest BCUT2D eigenvalue weighted by atomic mass is 16.1. The van der Waals surface area contributed by atoms with Crippen LogP contribution in [0.5, 0.6) is 0 Å². The lowest BCUT2D eigenvalue weighted by molar-refractivity contribution is 0.102. The lowest BCUT2D eigenvalue weighted by Crippen LogP contribution is -2.14. The molecule has 0 bridgehead atoms. The van der Waals surface area contributed by atoms with Gasteiger partial charge in [0.15, 0.2) is 0 Å². The molecule has 5 nitrogen and oxygen atoms in total. The van der Waals surface area contributed by atoms with Crippen molar-refractivity contribution in [3.63, 3.8) is 0 Å². The minimum Gasteiger partial charge on any atom is -0.387 e. The standard InChI is InChI=1S/C13H16N4O/c1-8-12(9(2)17-16-8)15-13(18)10-6-4-5-7-11(10)14-3/h4-7,14H,1-3H3,(H,15,18)(H,16,17). The number of carbonyl (C=O) groups excluding carboxylic acids is 1. The van der Waals surface area contributed by atoms with Crippen molar-refractivity contribution < 1.29 is 4.79 Å². The van der Waals surface area contributed by atoms with Gasteiger partial charge < -0.3 is 10.6 Å². The molecule has 0 fully saturated rings. The molecule has 1 amide bonds. The van der Waals surface area contributed by atoms with Gasteiger partial charge in [-0.15, -0.1) is 0 Å². The third kappa shape index (κ3) is 2.20. The zero-order chi connectivity index (χ0) is 13.1. The summed E-state index contributed by atoms with van der Waals surface area (Å²) in [5.41, 5.74) is 3.78. The zero-order valence-corrected chi connectivity index (χ0v) is 10.7. The van der Waals surface area contributed by atoms with Gasteiger partial charge in [-0.25, -0.2) is 0 Å². The van der Waals surface area contributed by atoms with E-state index in [1.54, 1.807) is 13.1 Å². The molecule has 0 spiro atoms. The third-order valence-electron chi connectivity index (χ3n) is 2.81. The van der Waals surface area contributed by atoms with Gasteiger partial charge in [-0.2, -0.15) is 5.10 Å². The molecule has 18 heavy (non-hydrogen) atoms. The summed E-state index contributed by atoms with van der Waals surface area (Å²) in [6.07, 6.45) is 0. The van der Waals surface area contributed by atoms with Crippen LogP contribution in [0.1, 0.15) is 21.7 Å². The van der Waals surface area contributed by atoms with E-state index in [0.29, 0.717) is 5.56 Å². The summed E-state index contributed by atoms with van der Waals surface area (Å²) in [7, 11) is 1.79. The maximum atomic E-state index is 12.2. The summed E-state index contributed by atoms with van der Waals surface area (Å²) in [4.78, 5) is 12.2. The van der Waals surface area contributed by atoms with Gasteiger partial charge in [-0.1, -0.05) is 12.1 Å². The first-order valence-electron chi connectivity index (χ1n) is 5.73. The number of aryl methyl sites for hydroxylation is 2. The fraction of sp³-hybridized carbons (Fsp3) is 0.231. The molecule has 0 atom stereocenters. The highest BCUT2D eigenvalue weighted by Crippen LogP contribution is 2.20. The Hall–Kier alpha value is -2.30. The topological polar surface area (TPSA) is 69.8 Å². The van der Waals surface area contributed by atoms with Crippen molar-refractivity contribution in [3.05, 3.63) is 41.2 Å². The molecule has 0 saturated heterocycles. The van der Waals surface area contributed by atoms with Gasteiger partial charge in [0, 0.05) is 12.7 Å². The van der Waals surface area contributed by atoms with Gasteiger partial charge in [0.2, 0.25) is 0 Å². The second-order valence-corrected chi connectivity index (χ2v) is 4.06. The molecule has 0 aliphatic carbocycles. The van der Waals surface area contributed by atoms with Crippen molar-refractivity contribution >= 4 is 17.3 Å². The van der Waals surface area contributed by atoms with Crippen molar-refractivity contribution in [1.82, 2.24) is 10.2 Å².